The Labute approximate surface area is 84.1 Å². The molecule has 1 atom stereocenters. The van der Waals surface area contributed by atoms with E-state index < -0.39 is 17.9 Å². The average molecular weight is 215 g/mol. The number of rotatable bonds is 4. The zero-order chi connectivity index (χ0) is 10.6. The van der Waals surface area contributed by atoms with Crippen LogP contribution in [0.4, 0.5) is 0 Å². The first-order valence-corrected chi connectivity index (χ1v) is 4.73. The van der Waals surface area contributed by atoms with Gasteiger partial charge in [0.15, 0.2) is 0 Å². The number of carbonyl (C=O) groups excluding carboxylic acids is 1. The number of aliphatic carboxylic acids is 1. The number of carboxylic acid groups (broad SMARTS) is 1. The number of nitrogens with zero attached hydrogens (tertiary/aromatic N) is 2. The lowest BCUT2D eigenvalue weighted by Crippen LogP contribution is -2.39. The van der Waals surface area contributed by atoms with Crippen LogP contribution in [-0.2, 0) is 4.79 Å². The van der Waals surface area contributed by atoms with E-state index in [0.29, 0.717) is 11.3 Å². The fraction of sp³-hybridized carbons (Fsp3) is 0.429. The van der Waals surface area contributed by atoms with E-state index in [0.717, 1.165) is 11.5 Å². The molecule has 0 saturated carbocycles. The van der Waals surface area contributed by atoms with Gasteiger partial charge in [-0.25, -0.2) is 4.79 Å². The van der Waals surface area contributed by atoms with Crippen molar-refractivity contribution in [2.75, 3.05) is 0 Å². The smallest absolute Gasteiger partial charge is 0.326 e. The highest BCUT2D eigenvalue weighted by Gasteiger charge is 2.19. The van der Waals surface area contributed by atoms with Crippen molar-refractivity contribution in [1.29, 1.82) is 0 Å². The number of nitrogens with one attached hydrogen (secondary N) is 1. The van der Waals surface area contributed by atoms with Crippen LogP contribution < -0.4 is 5.32 Å². The van der Waals surface area contributed by atoms with Gasteiger partial charge in [-0.2, -0.15) is 0 Å². The van der Waals surface area contributed by atoms with E-state index in [4.69, 9.17) is 5.11 Å². The molecular formula is C7H9N3O3S. The van der Waals surface area contributed by atoms with Gasteiger partial charge in [-0.3, -0.25) is 4.79 Å². The Morgan fingerprint density at radius 3 is 2.86 bits per heavy atom. The Kier molecular flexibility index (Phi) is 3.52. The molecule has 0 bridgehead atoms. The third-order valence-electron chi connectivity index (χ3n) is 1.60. The van der Waals surface area contributed by atoms with Gasteiger partial charge in [-0.1, -0.05) is 11.4 Å². The Balaban J connectivity index is 2.60. The highest BCUT2D eigenvalue weighted by atomic mass is 32.1. The average Bonchev–Trinajstić information content (AvgIpc) is 2.65. The fourth-order valence-electron chi connectivity index (χ4n) is 0.835. The molecule has 2 N–H and O–H groups in total. The first-order chi connectivity index (χ1) is 6.65. The van der Waals surface area contributed by atoms with Crippen LogP contribution in [-0.4, -0.2) is 32.6 Å². The van der Waals surface area contributed by atoms with Gasteiger partial charge in [0.25, 0.3) is 5.91 Å². The molecule has 14 heavy (non-hydrogen) atoms. The van der Waals surface area contributed by atoms with Crippen molar-refractivity contribution in [3.05, 3.63) is 11.1 Å². The van der Waals surface area contributed by atoms with E-state index in [-0.39, 0.29) is 0 Å². The van der Waals surface area contributed by atoms with Crippen molar-refractivity contribution in [2.24, 2.45) is 0 Å². The van der Waals surface area contributed by atoms with Gasteiger partial charge in [-0.15, -0.1) is 5.10 Å². The Morgan fingerprint density at radius 2 is 2.43 bits per heavy atom. The summed E-state index contributed by atoms with van der Waals surface area (Å²) >= 11 is 0.929. The minimum Gasteiger partial charge on any atom is -0.480 e. The van der Waals surface area contributed by atoms with Crippen LogP contribution >= 0.6 is 11.5 Å². The molecule has 6 nitrogen and oxygen atoms in total. The number of hydrogen-bond donors (Lipinski definition) is 2. The van der Waals surface area contributed by atoms with Crippen molar-refractivity contribution in [3.63, 3.8) is 0 Å². The molecule has 0 saturated heterocycles. The molecule has 1 aromatic rings. The van der Waals surface area contributed by atoms with Gasteiger partial charge in [0, 0.05) is 0 Å². The third-order valence-corrected chi connectivity index (χ3v) is 2.26. The second-order valence-corrected chi connectivity index (χ2v) is 3.34. The maximum Gasteiger partial charge on any atom is 0.326 e. The summed E-state index contributed by atoms with van der Waals surface area (Å²) in [4.78, 5) is 22.2. The number of aromatic nitrogens is 2. The summed E-state index contributed by atoms with van der Waals surface area (Å²) in [7, 11) is 0. The van der Waals surface area contributed by atoms with Gasteiger partial charge in [0.1, 0.15) is 10.9 Å². The normalized spacial score (nSPS) is 12.1. The summed E-state index contributed by atoms with van der Waals surface area (Å²) in [6, 6.07) is -0.857. The molecule has 0 unspecified atom stereocenters. The summed E-state index contributed by atoms with van der Waals surface area (Å²) < 4.78 is 3.50. The van der Waals surface area contributed by atoms with Crippen molar-refractivity contribution >= 4 is 23.4 Å². The molecule has 0 radical (unpaired) electrons. The molecule has 0 aliphatic heterocycles. The topological polar surface area (TPSA) is 92.2 Å². The SMILES string of the molecule is CC[C@@H](NC(=O)c1cnns1)C(=O)O. The van der Waals surface area contributed by atoms with Gasteiger partial charge >= 0.3 is 5.97 Å². The molecule has 1 aromatic heterocycles. The second-order valence-electron chi connectivity index (χ2n) is 2.55. The first kappa shape index (κ1) is 10.6. The van der Waals surface area contributed by atoms with Gasteiger partial charge in [0.2, 0.25) is 0 Å². The molecule has 1 amide bonds. The molecule has 76 valence electrons. The van der Waals surface area contributed by atoms with Crippen molar-refractivity contribution in [2.45, 2.75) is 19.4 Å². The van der Waals surface area contributed by atoms with Gasteiger partial charge < -0.3 is 10.4 Å². The quantitative estimate of drug-likeness (QED) is 0.744. The summed E-state index contributed by atoms with van der Waals surface area (Å²) in [6.45, 7) is 1.68. The van der Waals surface area contributed by atoms with Gasteiger partial charge in [0.05, 0.1) is 6.20 Å². The van der Waals surface area contributed by atoms with Crippen molar-refractivity contribution < 1.29 is 14.7 Å². The van der Waals surface area contributed by atoms with E-state index in [2.05, 4.69) is 14.9 Å². The fourth-order valence-corrected chi connectivity index (χ4v) is 1.25. The lowest BCUT2D eigenvalue weighted by molar-refractivity contribution is -0.139. The van der Waals surface area contributed by atoms with Crippen molar-refractivity contribution in [3.8, 4) is 0 Å². The number of hydrogen-bond acceptors (Lipinski definition) is 5. The van der Waals surface area contributed by atoms with Crippen LogP contribution in [0.15, 0.2) is 6.20 Å². The maximum absolute atomic E-state index is 11.3. The lowest BCUT2D eigenvalue weighted by atomic mass is 10.2. The minimum atomic E-state index is -1.04. The number of carbonyl (C=O) groups is 2. The molecule has 7 heteroatoms. The van der Waals surface area contributed by atoms with E-state index in [1.807, 2.05) is 0 Å². The number of amides is 1. The summed E-state index contributed by atoms with van der Waals surface area (Å²) in [5, 5.41) is 14.5. The maximum atomic E-state index is 11.3. The van der Waals surface area contributed by atoms with E-state index in [9.17, 15) is 9.59 Å². The van der Waals surface area contributed by atoms with Crippen LogP contribution in [0.2, 0.25) is 0 Å². The largest absolute Gasteiger partial charge is 0.480 e. The Morgan fingerprint density at radius 1 is 1.71 bits per heavy atom. The molecular weight excluding hydrogens is 206 g/mol. The van der Waals surface area contributed by atoms with Crippen molar-refractivity contribution in [1.82, 2.24) is 14.9 Å². The molecule has 0 spiro atoms. The minimum absolute atomic E-state index is 0.310. The van der Waals surface area contributed by atoms with Gasteiger partial charge in [-0.05, 0) is 18.0 Å². The highest BCUT2D eigenvalue weighted by Crippen LogP contribution is 2.02. The van der Waals surface area contributed by atoms with E-state index in [1.165, 1.54) is 6.20 Å². The van der Waals surface area contributed by atoms with E-state index >= 15 is 0 Å². The number of carboxylic acids is 1. The molecule has 0 aliphatic carbocycles. The molecule has 0 fully saturated rings. The van der Waals surface area contributed by atoms with Crippen LogP contribution in [0, 0.1) is 0 Å². The summed E-state index contributed by atoms with van der Waals surface area (Å²) in [6.07, 6.45) is 1.64. The lowest BCUT2D eigenvalue weighted by Gasteiger charge is -2.10. The highest BCUT2D eigenvalue weighted by molar-refractivity contribution is 7.07. The molecule has 1 rings (SSSR count). The standard InChI is InChI=1S/C7H9N3O3S/c1-2-4(7(12)13)9-6(11)5-3-8-10-14-5/h3-4H,2H2,1H3,(H,9,11)(H,12,13)/t4-/m1/s1. The second kappa shape index (κ2) is 4.66. The third kappa shape index (κ3) is 2.49. The molecule has 0 aliphatic rings. The molecule has 0 aromatic carbocycles. The summed E-state index contributed by atoms with van der Waals surface area (Å²) in [5.41, 5.74) is 0. The Bertz CT molecular complexity index is 325. The van der Waals surface area contributed by atoms with Crippen LogP contribution in [0.3, 0.4) is 0 Å². The monoisotopic (exact) mass is 215 g/mol. The predicted molar refractivity (Wildman–Crippen MR) is 49.1 cm³/mol. The summed E-state index contributed by atoms with van der Waals surface area (Å²) in [5.74, 6) is -1.49. The zero-order valence-corrected chi connectivity index (χ0v) is 8.24. The first-order valence-electron chi connectivity index (χ1n) is 3.96. The zero-order valence-electron chi connectivity index (χ0n) is 7.43. The van der Waals surface area contributed by atoms with Crippen LogP contribution in [0.25, 0.3) is 0 Å². The molecule has 1 heterocycles. The van der Waals surface area contributed by atoms with Crippen LogP contribution in [0.1, 0.15) is 23.0 Å². The van der Waals surface area contributed by atoms with E-state index in [1.54, 1.807) is 6.92 Å². The Hall–Kier alpha value is -1.50. The predicted octanol–water partition coefficient (Wildman–Crippen LogP) is 0.131. The van der Waals surface area contributed by atoms with Crippen LogP contribution in [0.5, 0.6) is 0 Å².